The number of thiazole rings is 1. The molecule has 1 aromatic heterocycles. The maximum Gasteiger partial charge on any atom is 0.265 e. The molecule has 1 aliphatic rings. The molecule has 3 rings (SSSR count). The van der Waals surface area contributed by atoms with Gasteiger partial charge in [-0.15, -0.1) is 11.3 Å². The number of hydrogen-bond acceptors (Lipinski definition) is 4. The fourth-order valence-electron chi connectivity index (χ4n) is 3.23. The predicted octanol–water partition coefficient (Wildman–Crippen LogP) is 3.28. The topological polar surface area (TPSA) is 53.4 Å². The van der Waals surface area contributed by atoms with E-state index in [1.54, 1.807) is 0 Å². The van der Waals surface area contributed by atoms with E-state index in [-0.39, 0.29) is 12.0 Å². The van der Waals surface area contributed by atoms with Gasteiger partial charge in [0.15, 0.2) is 0 Å². The number of piperidine rings is 1. The first kappa shape index (κ1) is 17.1. The Bertz CT molecular complexity index is 689. The second-order valence-electron chi connectivity index (χ2n) is 6.55. The Balaban J connectivity index is 1.68. The number of aliphatic hydroxyl groups excluding tert-OH is 1. The number of aliphatic hydroxyl groups is 1. The van der Waals surface area contributed by atoms with E-state index in [4.69, 9.17) is 0 Å². The number of benzene rings is 1. The summed E-state index contributed by atoms with van der Waals surface area (Å²) >= 11 is 1.51. The summed E-state index contributed by atoms with van der Waals surface area (Å²) in [6, 6.07) is 10.2. The van der Waals surface area contributed by atoms with Gasteiger partial charge in [0.2, 0.25) is 0 Å². The highest BCUT2D eigenvalue weighted by Crippen LogP contribution is 2.26. The molecule has 128 valence electrons. The van der Waals surface area contributed by atoms with Crippen LogP contribution in [0, 0.1) is 12.8 Å². The summed E-state index contributed by atoms with van der Waals surface area (Å²) in [5, 5.41) is 10.7. The fraction of sp³-hybridized carbons (Fsp3) is 0.474. The Kier molecular flexibility index (Phi) is 5.31. The molecular weight excluding hydrogens is 320 g/mol. The summed E-state index contributed by atoms with van der Waals surface area (Å²) in [5.74, 6) is 0.401. The molecule has 5 heteroatoms. The fourth-order valence-corrected chi connectivity index (χ4v) is 4.29. The van der Waals surface area contributed by atoms with Crippen LogP contribution in [0.25, 0.3) is 0 Å². The van der Waals surface area contributed by atoms with E-state index in [9.17, 15) is 9.90 Å². The predicted molar refractivity (Wildman–Crippen MR) is 96.4 cm³/mol. The van der Waals surface area contributed by atoms with E-state index in [2.05, 4.69) is 17.1 Å². The van der Waals surface area contributed by atoms with Crippen LogP contribution in [-0.4, -0.2) is 40.1 Å². The lowest BCUT2D eigenvalue weighted by Gasteiger charge is -2.33. The van der Waals surface area contributed by atoms with Crippen molar-refractivity contribution in [3.05, 3.63) is 51.5 Å². The van der Waals surface area contributed by atoms with Gasteiger partial charge in [-0.05, 0) is 38.2 Å². The van der Waals surface area contributed by atoms with Gasteiger partial charge in [-0.3, -0.25) is 4.79 Å². The second kappa shape index (κ2) is 7.45. The molecule has 1 amide bonds. The molecule has 1 aromatic carbocycles. The third-order valence-corrected chi connectivity index (χ3v) is 5.89. The molecule has 0 saturated carbocycles. The van der Waals surface area contributed by atoms with Crippen molar-refractivity contribution in [2.24, 2.45) is 5.92 Å². The van der Waals surface area contributed by atoms with Gasteiger partial charge in [-0.25, -0.2) is 4.98 Å². The molecule has 1 saturated heterocycles. The minimum absolute atomic E-state index is 0.0911. The third-order valence-electron chi connectivity index (χ3n) is 4.74. The zero-order valence-corrected chi connectivity index (χ0v) is 15.1. The first-order chi connectivity index (χ1) is 11.5. The third kappa shape index (κ3) is 3.84. The Labute approximate surface area is 147 Å². The zero-order valence-electron chi connectivity index (χ0n) is 14.2. The largest absolute Gasteiger partial charge is 0.393 e. The average molecular weight is 344 g/mol. The molecular formula is C19H24N2O2S. The van der Waals surface area contributed by atoms with Gasteiger partial charge in [0, 0.05) is 19.5 Å². The molecule has 0 radical (unpaired) electrons. The van der Waals surface area contributed by atoms with Crippen molar-refractivity contribution in [1.29, 1.82) is 0 Å². The Hall–Kier alpha value is -1.72. The van der Waals surface area contributed by atoms with Crippen molar-refractivity contribution in [3.8, 4) is 0 Å². The summed E-state index contributed by atoms with van der Waals surface area (Å²) < 4.78 is 0. The summed E-state index contributed by atoms with van der Waals surface area (Å²) in [5.41, 5.74) is 2.04. The summed E-state index contributed by atoms with van der Waals surface area (Å²) in [7, 11) is 0. The Morgan fingerprint density at radius 1 is 1.33 bits per heavy atom. The highest BCUT2D eigenvalue weighted by atomic mass is 32.1. The van der Waals surface area contributed by atoms with Gasteiger partial charge >= 0.3 is 0 Å². The molecule has 0 bridgehead atoms. The zero-order chi connectivity index (χ0) is 17.1. The minimum Gasteiger partial charge on any atom is -0.393 e. The van der Waals surface area contributed by atoms with Gasteiger partial charge < -0.3 is 10.0 Å². The number of amides is 1. The smallest absolute Gasteiger partial charge is 0.265 e. The number of hydrogen-bond donors (Lipinski definition) is 1. The van der Waals surface area contributed by atoms with Crippen LogP contribution in [0.15, 0.2) is 30.3 Å². The van der Waals surface area contributed by atoms with Crippen molar-refractivity contribution in [1.82, 2.24) is 9.88 Å². The molecule has 0 aliphatic carbocycles. The number of aromatic nitrogens is 1. The monoisotopic (exact) mass is 344 g/mol. The van der Waals surface area contributed by atoms with Crippen molar-refractivity contribution >= 4 is 17.2 Å². The Morgan fingerprint density at radius 3 is 2.62 bits per heavy atom. The van der Waals surface area contributed by atoms with Crippen LogP contribution in [0.3, 0.4) is 0 Å². The molecule has 1 atom stereocenters. The molecule has 1 unspecified atom stereocenters. The molecule has 2 aromatic rings. The van der Waals surface area contributed by atoms with Gasteiger partial charge in [0.25, 0.3) is 5.91 Å². The van der Waals surface area contributed by atoms with Crippen LogP contribution in [0.2, 0.25) is 0 Å². The van der Waals surface area contributed by atoms with Crippen LogP contribution in [-0.2, 0) is 6.42 Å². The lowest BCUT2D eigenvalue weighted by molar-refractivity contribution is 0.0524. The molecule has 1 N–H and O–H groups in total. The molecule has 24 heavy (non-hydrogen) atoms. The van der Waals surface area contributed by atoms with Crippen LogP contribution in [0.4, 0.5) is 0 Å². The summed E-state index contributed by atoms with van der Waals surface area (Å²) in [6.07, 6.45) is 2.23. The number of carbonyl (C=O) groups excluding carboxylic acids is 1. The van der Waals surface area contributed by atoms with Gasteiger partial charge in [-0.2, -0.15) is 0 Å². The summed E-state index contributed by atoms with van der Waals surface area (Å²) in [6.45, 7) is 5.20. The SMILES string of the molecule is Cc1nc(Cc2ccccc2)sc1C(=O)N1CCC(C(C)O)CC1. The molecule has 2 heterocycles. The number of likely N-dealkylation sites (tertiary alicyclic amines) is 1. The van der Waals surface area contributed by atoms with Gasteiger partial charge in [0.1, 0.15) is 4.88 Å². The van der Waals surface area contributed by atoms with Gasteiger partial charge in [0.05, 0.1) is 16.8 Å². The molecule has 0 spiro atoms. The van der Waals surface area contributed by atoms with E-state index >= 15 is 0 Å². The Morgan fingerprint density at radius 2 is 2.00 bits per heavy atom. The first-order valence-electron chi connectivity index (χ1n) is 8.52. The number of nitrogens with zero attached hydrogens (tertiary/aromatic N) is 2. The van der Waals surface area contributed by atoms with Crippen molar-refractivity contribution in [3.63, 3.8) is 0 Å². The maximum atomic E-state index is 12.8. The maximum absolute atomic E-state index is 12.8. The van der Waals surface area contributed by atoms with E-state index in [0.717, 1.165) is 47.9 Å². The molecule has 4 nitrogen and oxygen atoms in total. The first-order valence-corrected chi connectivity index (χ1v) is 9.34. The van der Waals surface area contributed by atoms with E-state index in [0.29, 0.717) is 5.92 Å². The molecule has 1 aliphatic heterocycles. The normalized spacial score (nSPS) is 17.0. The van der Waals surface area contributed by atoms with E-state index in [1.807, 2.05) is 36.9 Å². The minimum atomic E-state index is -0.287. The second-order valence-corrected chi connectivity index (χ2v) is 7.64. The lowest BCUT2D eigenvalue weighted by Crippen LogP contribution is -2.40. The summed E-state index contributed by atoms with van der Waals surface area (Å²) in [4.78, 5) is 20.1. The highest BCUT2D eigenvalue weighted by Gasteiger charge is 2.28. The van der Waals surface area contributed by atoms with Gasteiger partial charge in [-0.1, -0.05) is 30.3 Å². The number of carbonyl (C=O) groups is 1. The lowest BCUT2D eigenvalue weighted by atomic mass is 9.92. The quantitative estimate of drug-likeness (QED) is 0.926. The number of rotatable bonds is 4. The standard InChI is InChI=1S/C19H24N2O2S/c1-13-18(19(23)21-10-8-16(9-11-21)14(2)22)24-17(20-13)12-15-6-4-3-5-7-15/h3-7,14,16,22H,8-12H2,1-2H3. The molecule has 1 fully saturated rings. The van der Waals surface area contributed by atoms with E-state index in [1.165, 1.54) is 16.9 Å². The average Bonchev–Trinajstić information content (AvgIpc) is 2.95. The van der Waals surface area contributed by atoms with Crippen LogP contribution >= 0.6 is 11.3 Å². The number of aryl methyl sites for hydroxylation is 1. The van der Waals surface area contributed by atoms with Crippen LogP contribution in [0.1, 0.15) is 45.7 Å². The van der Waals surface area contributed by atoms with Crippen molar-refractivity contribution < 1.29 is 9.90 Å². The van der Waals surface area contributed by atoms with Crippen molar-refractivity contribution in [2.45, 2.75) is 39.2 Å². The van der Waals surface area contributed by atoms with Crippen molar-refractivity contribution in [2.75, 3.05) is 13.1 Å². The van der Waals surface area contributed by atoms with Crippen LogP contribution in [0.5, 0.6) is 0 Å². The van der Waals surface area contributed by atoms with E-state index < -0.39 is 0 Å². The van der Waals surface area contributed by atoms with Crippen LogP contribution < -0.4 is 0 Å². The highest BCUT2D eigenvalue weighted by molar-refractivity contribution is 7.13.